The number of aromatic nitrogens is 3. The number of alkyl halides is 3. The first-order chi connectivity index (χ1) is 12.0. The van der Waals surface area contributed by atoms with Crippen molar-refractivity contribution in [2.24, 2.45) is 0 Å². The second-order valence-corrected chi connectivity index (χ2v) is 5.88. The van der Waals surface area contributed by atoms with E-state index < -0.39 is 6.36 Å². The van der Waals surface area contributed by atoms with Gasteiger partial charge in [0.25, 0.3) is 0 Å². The molecule has 0 unspecified atom stereocenters. The fraction of sp³-hybridized carbons (Fsp3) is 0.294. The van der Waals surface area contributed by atoms with Crippen molar-refractivity contribution in [1.82, 2.24) is 15.0 Å². The molecule has 3 heterocycles. The number of halogens is 3. The third kappa shape index (κ3) is 3.24. The molecule has 1 fully saturated rings. The number of pyridine rings is 1. The summed E-state index contributed by atoms with van der Waals surface area (Å²) in [4.78, 5) is 14.2. The summed E-state index contributed by atoms with van der Waals surface area (Å²) in [5, 5.41) is 0. The van der Waals surface area contributed by atoms with E-state index in [-0.39, 0.29) is 5.75 Å². The first-order valence-corrected chi connectivity index (χ1v) is 7.95. The van der Waals surface area contributed by atoms with Crippen molar-refractivity contribution in [2.75, 3.05) is 18.0 Å². The lowest BCUT2D eigenvalue weighted by Crippen LogP contribution is -2.18. The van der Waals surface area contributed by atoms with E-state index in [1.54, 1.807) is 6.20 Å². The second kappa shape index (κ2) is 5.94. The van der Waals surface area contributed by atoms with Crippen molar-refractivity contribution in [2.45, 2.75) is 19.2 Å². The summed E-state index contributed by atoms with van der Waals surface area (Å²) in [6.45, 7) is 1.92. The van der Waals surface area contributed by atoms with Crippen molar-refractivity contribution in [3.05, 3.63) is 36.5 Å². The number of hydrogen-bond acceptors (Lipinski definition) is 4. The Bertz CT molecular complexity index is 900. The minimum atomic E-state index is -4.73. The molecule has 1 N–H and O–H groups in total. The molecule has 130 valence electrons. The molecule has 0 bridgehead atoms. The van der Waals surface area contributed by atoms with Gasteiger partial charge in [0, 0.05) is 25.4 Å². The highest BCUT2D eigenvalue weighted by Gasteiger charge is 2.31. The summed E-state index contributed by atoms with van der Waals surface area (Å²) in [5.74, 6) is 0.237. The molecule has 0 spiro atoms. The SMILES string of the molecule is FC(F)(F)Oc1ccc2[nH]c(-c3ncccc3N3CCCC3)nc2c1. The van der Waals surface area contributed by atoms with Crippen LogP contribution in [0.2, 0.25) is 0 Å². The Labute approximate surface area is 141 Å². The summed E-state index contributed by atoms with van der Waals surface area (Å²) in [7, 11) is 0. The predicted molar refractivity (Wildman–Crippen MR) is 87.5 cm³/mol. The molecule has 0 aliphatic carbocycles. The standard InChI is InChI=1S/C17H15F3N4O/c18-17(19,20)25-11-5-6-12-13(10-11)23-16(22-12)15-14(4-3-7-21-15)24-8-1-2-9-24/h3-7,10H,1-2,8-9H2,(H,22,23). The number of ether oxygens (including phenoxy) is 1. The summed E-state index contributed by atoms with van der Waals surface area (Å²) in [6.07, 6.45) is -0.782. The zero-order valence-electron chi connectivity index (χ0n) is 13.2. The van der Waals surface area contributed by atoms with Gasteiger partial charge in [0.2, 0.25) is 0 Å². The minimum absolute atomic E-state index is 0.293. The Kier molecular flexibility index (Phi) is 3.74. The molecule has 0 saturated carbocycles. The van der Waals surface area contributed by atoms with Crippen molar-refractivity contribution >= 4 is 16.7 Å². The molecule has 0 radical (unpaired) electrons. The van der Waals surface area contributed by atoms with Gasteiger partial charge in [-0.2, -0.15) is 0 Å². The largest absolute Gasteiger partial charge is 0.573 e. The van der Waals surface area contributed by atoms with Crippen LogP contribution >= 0.6 is 0 Å². The lowest BCUT2D eigenvalue weighted by molar-refractivity contribution is -0.274. The fourth-order valence-electron chi connectivity index (χ4n) is 3.09. The van der Waals surface area contributed by atoms with E-state index in [1.807, 2.05) is 12.1 Å². The van der Waals surface area contributed by atoms with Gasteiger partial charge in [0.1, 0.15) is 11.4 Å². The summed E-state index contributed by atoms with van der Waals surface area (Å²) >= 11 is 0. The smallest absolute Gasteiger partial charge is 0.406 e. The molecule has 25 heavy (non-hydrogen) atoms. The molecular formula is C17H15F3N4O. The average molecular weight is 348 g/mol. The van der Waals surface area contributed by atoms with Crippen molar-refractivity contribution < 1.29 is 17.9 Å². The highest BCUT2D eigenvalue weighted by Crippen LogP contribution is 2.32. The fourth-order valence-corrected chi connectivity index (χ4v) is 3.09. The van der Waals surface area contributed by atoms with Gasteiger partial charge < -0.3 is 14.6 Å². The highest BCUT2D eigenvalue weighted by molar-refractivity contribution is 5.82. The number of H-pyrrole nitrogens is 1. The van der Waals surface area contributed by atoms with E-state index >= 15 is 0 Å². The maximum Gasteiger partial charge on any atom is 0.573 e. The van der Waals surface area contributed by atoms with E-state index in [1.165, 1.54) is 18.2 Å². The maximum atomic E-state index is 12.4. The number of anilines is 1. The molecule has 8 heteroatoms. The zero-order chi connectivity index (χ0) is 17.4. The summed E-state index contributed by atoms with van der Waals surface area (Å²) in [6, 6.07) is 7.90. The van der Waals surface area contributed by atoms with Crippen LogP contribution in [0.15, 0.2) is 36.5 Å². The lowest BCUT2D eigenvalue weighted by atomic mass is 10.2. The summed E-state index contributed by atoms with van der Waals surface area (Å²) in [5.41, 5.74) is 2.70. The van der Waals surface area contributed by atoms with Crippen LogP contribution < -0.4 is 9.64 Å². The number of imidazole rings is 1. The van der Waals surface area contributed by atoms with Crippen LogP contribution in [0.25, 0.3) is 22.6 Å². The van der Waals surface area contributed by atoms with Gasteiger partial charge in [0.15, 0.2) is 5.82 Å². The van der Waals surface area contributed by atoms with Crippen LogP contribution in [0.3, 0.4) is 0 Å². The normalized spacial score (nSPS) is 15.1. The molecule has 4 rings (SSSR count). The number of hydrogen-bond donors (Lipinski definition) is 1. The van der Waals surface area contributed by atoms with Crippen LogP contribution in [-0.4, -0.2) is 34.4 Å². The molecule has 3 aromatic rings. The Balaban J connectivity index is 1.73. The number of rotatable bonds is 3. The van der Waals surface area contributed by atoms with E-state index in [4.69, 9.17) is 0 Å². The Hall–Kier alpha value is -2.77. The van der Waals surface area contributed by atoms with Crippen molar-refractivity contribution in [3.8, 4) is 17.3 Å². The summed E-state index contributed by atoms with van der Waals surface area (Å²) < 4.78 is 41.1. The van der Waals surface area contributed by atoms with Crippen molar-refractivity contribution in [3.63, 3.8) is 0 Å². The van der Waals surface area contributed by atoms with Crippen LogP contribution in [0.5, 0.6) is 5.75 Å². The van der Waals surface area contributed by atoms with Crippen LogP contribution in [-0.2, 0) is 0 Å². The lowest BCUT2D eigenvalue weighted by Gasteiger charge is -2.19. The molecule has 1 saturated heterocycles. The van der Waals surface area contributed by atoms with Gasteiger partial charge in [0.05, 0.1) is 16.7 Å². The van der Waals surface area contributed by atoms with Gasteiger partial charge in [-0.25, -0.2) is 4.98 Å². The van der Waals surface area contributed by atoms with Gasteiger partial charge >= 0.3 is 6.36 Å². The number of aromatic amines is 1. The molecule has 0 amide bonds. The first kappa shape index (κ1) is 15.7. The Morgan fingerprint density at radius 2 is 1.92 bits per heavy atom. The first-order valence-electron chi connectivity index (χ1n) is 7.95. The van der Waals surface area contributed by atoms with Crippen molar-refractivity contribution in [1.29, 1.82) is 0 Å². The van der Waals surface area contributed by atoms with E-state index in [9.17, 15) is 13.2 Å². The van der Waals surface area contributed by atoms with Gasteiger partial charge in [-0.05, 0) is 37.1 Å². The molecule has 1 aromatic carbocycles. The maximum absolute atomic E-state index is 12.4. The number of benzene rings is 1. The third-order valence-electron chi connectivity index (χ3n) is 4.15. The van der Waals surface area contributed by atoms with Gasteiger partial charge in [-0.1, -0.05) is 0 Å². The average Bonchev–Trinajstić information content (AvgIpc) is 3.22. The van der Waals surface area contributed by atoms with E-state index in [0.717, 1.165) is 31.6 Å². The Morgan fingerprint density at radius 3 is 2.68 bits per heavy atom. The van der Waals surface area contributed by atoms with E-state index in [0.29, 0.717) is 22.6 Å². The molecular weight excluding hydrogens is 333 g/mol. The topological polar surface area (TPSA) is 54.0 Å². The van der Waals surface area contributed by atoms with Crippen LogP contribution in [0.1, 0.15) is 12.8 Å². The minimum Gasteiger partial charge on any atom is -0.406 e. The molecule has 5 nitrogen and oxygen atoms in total. The van der Waals surface area contributed by atoms with Crippen LogP contribution in [0.4, 0.5) is 18.9 Å². The highest BCUT2D eigenvalue weighted by atomic mass is 19.4. The number of fused-ring (bicyclic) bond motifs is 1. The van der Waals surface area contributed by atoms with E-state index in [2.05, 4.69) is 24.6 Å². The number of nitrogens with one attached hydrogen (secondary N) is 1. The Morgan fingerprint density at radius 1 is 1.12 bits per heavy atom. The quantitative estimate of drug-likeness (QED) is 0.773. The monoisotopic (exact) mass is 348 g/mol. The second-order valence-electron chi connectivity index (χ2n) is 5.88. The molecule has 2 aromatic heterocycles. The number of nitrogens with zero attached hydrogens (tertiary/aromatic N) is 3. The molecule has 1 aliphatic heterocycles. The zero-order valence-corrected chi connectivity index (χ0v) is 13.2. The van der Waals surface area contributed by atoms with Gasteiger partial charge in [-0.3, -0.25) is 4.98 Å². The van der Waals surface area contributed by atoms with Gasteiger partial charge in [-0.15, -0.1) is 13.2 Å². The molecule has 0 atom stereocenters. The third-order valence-corrected chi connectivity index (χ3v) is 4.15. The van der Waals surface area contributed by atoms with Crippen LogP contribution in [0, 0.1) is 0 Å². The predicted octanol–water partition coefficient (Wildman–Crippen LogP) is 4.12. The molecule has 1 aliphatic rings.